The summed E-state index contributed by atoms with van der Waals surface area (Å²) in [6, 6.07) is 12.0. The first-order chi connectivity index (χ1) is 22.3. The van der Waals surface area contributed by atoms with Crippen LogP contribution >= 0.6 is 11.3 Å². The normalized spacial score (nSPS) is 15.0. The largest absolute Gasteiger partial charge is 0.481 e. The fraction of sp³-hybridized carbons (Fsp3) is 0.333. The number of carboxylic acids is 1. The average Bonchev–Trinajstić information content (AvgIpc) is 3.54. The van der Waals surface area contributed by atoms with Gasteiger partial charge in [0.2, 0.25) is 0 Å². The smallest absolute Gasteiger partial charge is 0.416 e. The van der Waals surface area contributed by atoms with Gasteiger partial charge in [-0.25, -0.2) is 4.98 Å². The molecule has 0 bridgehead atoms. The van der Waals surface area contributed by atoms with E-state index in [-0.39, 0.29) is 29.1 Å². The number of likely N-dealkylation sites (tertiary alicyclic amines) is 1. The van der Waals surface area contributed by atoms with Crippen LogP contribution in [-0.2, 0) is 23.8 Å². The number of nitrogens with zero attached hydrogens (tertiary/aromatic N) is 3. The number of rotatable bonds is 8. The molecule has 47 heavy (non-hydrogen) atoms. The van der Waals surface area contributed by atoms with Gasteiger partial charge in [-0.3, -0.25) is 19.0 Å². The van der Waals surface area contributed by atoms with Gasteiger partial charge in [-0.1, -0.05) is 49.8 Å². The van der Waals surface area contributed by atoms with Crippen molar-refractivity contribution in [2.24, 2.45) is 5.92 Å². The fourth-order valence-corrected chi connectivity index (χ4v) is 6.82. The standard InChI is InChI=1S/C36H36F3N3O4S/c1-5-22-9-7-10-23(6-2)31(22)42-30(17-21(3)4)27(33(43)41-16-8-11-25(19-41)35(45)46)18-28(34(42)44)32-40-29(20-47-32)24-12-14-26(15-13-24)36(37,38)39/h7,9-10,12-15,17-18,20,25H,5-6,8,11,16,19H2,1-4H3,(H,45,46)/t25-/m1/s1. The number of piperidine rings is 1. The van der Waals surface area contributed by atoms with Crippen LogP contribution in [0.2, 0.25) is 0 Å². The molecule has 3 heterocycles. The van der Waals surface area contributed by atoms with Crippen molar-refractivity contribution in [3.8, 4) is 27.5 Å². The van der Waals surface area contributed by atoms with E-state index < -0.39 is 23.6 Å². The van der Waals surface area contributed by atoms with E-state index in [0.717, 1.165) is 40.2 Å². The van der Waals surface area contributed by atoms with Crippen LogP contribution in [0.5, 0.6) is 0 Å². The molecule has 7 nitrogen and oxygen atoms in total. The molecule has 1 aliphatic rings. The summed E-state index contributed by atoms with van der Waals surface area (Å²) in [5.41, 5.74) is 3.87. The van der Waals surface area contributed by atoms with Gasteiger partial charge >= 0.3 is 12.1 Å². The monoisotopic (exact) mass is 663 g/mol. The molecule has 0 unspecified atom stereocenters. The van der Waals surface area contributed by atoms with Crippen LogP contribution in [-0.4, -0.2) is 44.5 Å². The number of carboxylic acid groups (broad SMARTS) is 1. The van der Waals surface area contributed by atoms with Crippen molar-refractivity contribution in [3.05, 3.63) is 97.8 Å². The Hall–Kier alpha value is -4.51. The Morgan fingerprint density at radius 1 is 1.06 bits per heavy atom. The predicted molar refractivity (Wildman–Crippen MR) is 178 cm³/mol. The zero-order chi connectivity index (χ0) is 34.0. The molecule has 1 N–H and O–H groups in total. The van der Waals surface area contributed by atoms with Crippen molar-refractivity contribution in [2.45, 2.75) is 59.6 Å². The molecular weight excluding hydrogens is 627 g/mol. The maximum absolute atomic E-state index is 14.7. The Morgan fingerprint density at radius 3 is 2.30 bits per heavy atom. The fourth-order valence-electron chi connectivity index (χ4n) is 5.99. The highest BCUT2D eigenvalue weighted by atomic mass is 32.1. The highest BCUT2D eigenvalue weighted by molar-refractivity contribution is 7.13. The Labute approximate surface area is 275 Å². The number of hydrogen-bond donors (Lipinski definition) is 1. The molecule has 5 rings (SSSR count). The molecule has 2 aromatic heterocycles. The number of alkyl halides is 3. The van der Waals surface area contributed by atoms with Crippen molar-refractivity contribution in [2.75, 3.05) is 13.1 Å². The van der Waals surface area contributed by atoms with E-state index in [1.165, 1.54) is 18.2 Å². The number of aromatic nitrogens is 2. The number of carbonyl (C=O) groups is 2. The van der Waals surface area contributed by atoms with E-state index in [4.69, 9.17) is 0 Å². The summed E-state index contributed by atoms with van der Waals surface area (Å²) >= 11 is 1.16. The molecule has 11 heteroatoms. The van der Waals surface area contributed by atoms with Gasteiger partial charge < -0.3 is 10.0 Å². The first-order valence-corrected chi connectivity index (χ1v) is 16.4. The maximum atomic E-state index is 14.7. The zero-order valence-corrected chi connectivity index (χ0v) is 27.5. The predicted octanol–water partition coefficient (Wildman–Crippen LogP) is 8.13. The van der Waals surface area contributed by atoms with Crippen LogP contribution in [0, 0.1) is 5.92 Å². The Balaban J connectivity index is 1.77. The molecular formula is C36H36F3N3O4S. The third-order valence-corrected chi connectivity index (χ3v) is 9.26. The van der Waals surface area contributed by atoms with Crippen molar-refractivity contribution < 1.29 is 27.9 Å². The Bertz CT molecular complexity index is 1880. The highest BCUT2D eigenvalue weighted by Crippen LogP contribution is 2.34. The molecule has 1 amide bonds. The summed E-state index contributed by atoms with van der Waals surface area (Å²) in [5, 5.41) is 11.7. The zero-order valence-electron chi connectivity index (χ0n) is 26.6. The molecule has 0 radical (unpaired) electrons. The van der Waals surface area contributed by atoms with Crippen LogP contribution < -0.4 is 5.56 Å². The molecule has 246 valence electrons. The van der Waals surface area contributed by atoms with E-state index in [0.29, 0.717) is 59.9 Å². The van der Waals surface area contributed by atoms with Crippen LogP contribution in [0.15, 0.2) is 64.3 Å². The molecule has 1 saturated heterocycles. The number of hydrogen-bond acceptors (Lipinski definition) is 5. The first-order valence-electron chi connectivity index (χ1n) is 15.6. The minimum atomic E-state index is -4.47. The lowest BCUT2D eigenvalue weighted by atomic mass is 9.96. The average molecular weight is 664 g/mol. The van der Waals surface area contributed by atoms with Crippen LogP contribution in [0.1, 0.15) is 73.3 Å². The maximum Gasteiger partial charge on any atom is 0.416 e. The van der Waals surface area contributed by atoms with Crippen molar-refractivity contribution in [1.29, 1.82) is 0 Å². The van der Waals surface area contributed by atoms with Gasteiger partial charge in [-0.05, 0) is 74.9 Å². The summed E-state index contributed by atoms with van der Waals surface area (Å²) < 4.78 is 41.1. The van der Waals surface area contributed by atoms with Gasteiger partial charge in [-0.15, -0.1) is 11.3 Å². The number of aryl methyl sites for hydroxylation is 2. The van der Waals surface area contributed by atoms with Gasteiger partial charge in [0.05, 0.1) is 39.7 Å². The van der Waals surface area contributed by atoms with Gasteiger partial charge in [0, 0.05) is 24.0 Å². The van der Waals surface area contributed by atoms with Crippen LogP contribution in [0.3, 0.4) is 0 Å². The number of para-hydroxylation sites is 1. The third kappa shape index (κ3) is 6.95. The topological polar surface area (TPSA) is 92.5 Å². The minimum absolute atomic E-state index is 0.0535. The number of benzene rings is 2. The summed E-state index contributed by atoms with van der Waals surface area (Å²) in [6.07, 6.45) is -0.413. The summed E-state index contributed by atoms with van der Waals surface area (Å²) in [7, 11) is 0. The summed E-state index contributed by atoms with van der Waals surface area (Å²) in [6.45, 7) is 8.18. The van der Waals surface area contributed by atoms with Crippen molar-refractivity contribution in [1.82, 2.24) is 14.5 Å². The van der Waals surface area contributed by atoms with Gasteiger partial charge in [-0.2, -0.15) is 13.2 Å². The number of aliphatic carboxylic acids is 1. The van der Waals surface area contributed by atoms with E-state index in [1.807, 2.05) is 45.9 Å². The number of amides is 1. The molecule has 2 aromatic carbocycles. The first kappa shape index (κ1) is 33.8. The molecule has 1 aliphatic heterocycles. The molecule has 4 aromatic rings. The Kier molecular flexibility index (Phi) is 9.86. The van der Waals surface area contributed by atoms with E-state index in [9.17, 15) is 32.7 Å². The number of halogens is 3. The van der Waals surface area contributed by atoms with Gasteiger partial charge in [0.25, 0.3) is 11.5 Å². The number of pyridine rings is 1. The second kappa shape index (κ2) is 13.7. The SMILES string of the molecule is CCc1cccc(CC)c1-n1c(C=C(C)C)c(C(=O)N2CCC[C@@H](C(=O)O)C2)cc(-c2nc(-c3ccc(C(F)(F)F)cc3)cs2)c1=O. The molecule has 0 aliphatic carbocycles. The number of thiazole rings is 1. The van der Waals surface area contributed by atoms with Gasteiger partial charge in [0.15, 0.2) is 0 Å². The van der Waals surface area contributed by atoms with Crippen LogP contribution in [0.25, 0.3) is 33.6 Å². The second-order valence-corrected chi connectivity index (χ2v) is 12.8. The van der Waals surface area contributed by atoms with E-state index >= 15 is 0 Å². The summed E-state index contributed by atoms with van der Waals surface area (Å²) in [5.74, 6) is -2.03. The molecule has 1 fully saturated rings. The minimum Gasteiger partial charge on any atom is -0.481 e. The molecule has 1 atom stereocenters. The number of allylic oxidation sites excluding steroid dienone is 1. The third-order valence-electron chi connectivity index (χ3n) is 8.38. The molecule has 0 saturated carbocycles. The lowest BCUT2D eigenvalue weighted by Gasteiger charge is -2.31. The second-order valence-electron chi connectivity index (χ2n) is 11.9. The lowest BCUT2D eigenvalue weighted by molar-refractivity contribution is -0.143. The quantitative estimate of drug-likeness (QED) is 0.206. The molecule has 0 spiro atoms. The number of carbonyl (C=O) groups excluding carboxylic acids is 1. The lowest BCUT2D eigenvalue weighted by Crippen LogP contribution is -2.43. The van der Waals surface area contributed by atoms with Crippen LogP contribution in [0.4, 0.5) is 13.2 Å². The van der Waals surface area contributed by atoms with E-state index in [2.05, 4.69) is 4.98 Å². The van der Waals surface area contributed by atoms with Crippen molar-refractivity contribution >= 4 is 29.3 Å². The highest BCUT2D eigenvalue weighted by Gasteiger charge is 2.32. The Morgan fingerprint density at radius 2 is 1.72 bits per heavy atom. The van der Waals surface area contributed by atoms with Gasteiger partial charge in [0.1, 0.15) is 5.01 Å². The van der Waals surface area contributed by atoms with E-state index in [1.54, 1.807) is 20.9 Å². The summed E-state index contributed by atoms with van der Waals surface area (Å²) in [4.78, 5) is 47.1. The van der Waals surface area contributed by atoms with Crippen molar-refractivity contribution in [3.63, 3.8) is 0 Å².